The standard InChI is InChI=1S/C25H16BrCl3N2O4/c1-12-9-15(26)10-13(2)22(12)35-25(34)14-3-6-17(7-4-14)30-21-20(29)23(32)31(24(21)33)19-8-5-16(27)11-18(19)28/h3-11,30H,1-2H3. The number of carbonyl (C=O) groups is 3. The van der Waals surface area contributed by atoms with Crippen LogP contribution in [0.5, 0.6) is 5.75 Å². The Morgan fingerprint density at radius 2 is 1.54 bits per heavy atom. The van der Waals surface area contributed by atoms with Crippen molar-refractivity contribution in [3.8, 4) is 5.75 Å². The lowest BCUT2D eigenvalue weighted by molar-refractivity contribution is -0.120. The summed E-state index contributed by atoms with van der Waals surface area (Å²) in [5.74, 6) is -1.43. The molecular formula is C25H16BrCl3N2O4. The number of hydrogen-bond donors (Lipinski definition) is 1. The third kappa shape index (κ3) is 5.09. The van der Waals surface area contributed by atoms with Crippen molar-refractivity contribution in [3.05, 3.63) is 96.5 Å². The van der Waals surface area contributed by atoms with Gasteiger partial charge in [-0.1, -0.05) is 50.7 Å². The summed E-state index contributed by atoms with van der Waals surface area (Å²) in [5, 5.41) is 3.05. The molecule has 3 aromatic carbocycles. The van der Waals surface area contributed by atoms with Gasteiger partial charge in [0.2, 0.25) is 0 Å². The van der Waals surface area contributed by atoms with Crippen LogP contribution in [0.2, 0.25) is 10.0 Å². The van der Waals surface area contributed by atoms with Crippen molar-refractivity contribution in [2.45, 2.75) is 13.8 Å². The minimum absolute atomic E-state index is 0.112. The second-order valence-corrected chi connectivity index (χ2v) is 9.83. The zero-order chi connectivity index (χ0) is 25.4. The number of halogens is 4. The van der Waals surface area contributed by atoms with Crippen LogP contribution in [0.25, 0.3) is 0 Å². The second kappa shape index (κ2) is 10.0. The van der Waals surface area contributed by atoms with Crippen LogP contribution < -0.4 is 15.0 Å². The predicted octanol–water partition coefficient (Wildman–Crippen LogP) is 7.03. The van der Waals surface area contributed by atoms with Gasteiger partial charge in [0.05, 0.1) is 16.3 Å². The van der Waals surface area contributed by atoms with E-state index >= 15 is 0 Å². The number of anilines is 2. The zero-order valence-corrected chi connectivity index (χ0v) is 22.1. The topological polar surface area (TPSA) is 75.7 Å². The molecular weight excluding hydrogens is 579 g/mol. The molecule has 4 rings (SSSR count). The van der Waals surface area contributed by atoms with E-state index in [0.29, 0.717) is 22.0 Å². The smallest absolute Gasteiger partial charge is 0.343 e. The van der Waals surface area contributed by atoms with Crippen molar-refractivity contribution in [1.82, 2.24) is 0 Å². The largest absolute Gasteiger partial charge is 0.422 e. The van der Waals surface area contributed by atoms with Gasteiger partial charge in [-0.3, -0.25) is 9.59 Å². The Balaban J connectivity index is 1.51. The van der Waals surface area contributed by atoms with Crippen LogP contribution in [0, 0.1) is 13.8 Å². The first-order valence-corrected chi connectivity index (χ1v) is 12.1. The summed E-state index contributed by atoms with van der Waals surface area (Å²) < 4.78 is 6.48. The van der Waals surface area contributed by atoms with E-state index in [1.807, 2.05) is 26.0 Å². The van der Waals surface area contributed by atoms with Crippen LogP contribution in [-0.2, 0) is 9.59 Å². The maximum absolute atomic E-state index is 13.0. The van der Waals surface area contributed by atoms with E-state index in [4.69, 9.17) is 39.5 Å². The molecule has 0 unspecified atom stereocenters. The fourth-order valence-corrected chi connectivity index (χ4v) is 4.93. The van der Waals surface area contributed by atoms with Crippen molar-refractivity contribution < 1.29 is 19.1 Å². The molecule has 178 valence electrons. The van der Waals surface area contributed by atoms with Gasteiger partial charge in [-0.15, -0.1) is 0 Å². The number of aryl methyl sites for hydroxylation is 2. The van der Waals surface area contributed by atoms with Crippen molar-refractivity contribution >= 4 is 79.9 Å². The first-order chi connectivity index (χ1) is 16.6. The molecule has 0 radical (unpaired) electrons. The zero-order valence-electron chi connectivity index (χ0n) is 18.3. The highest BCUT2D eigenvalue weighted by molar-refractivity contribution is 9.10. The molecule has 35 heavy (non-hydrogen) atoms. The Hall–Kier alpha value is -2.84. The maximum Gasteiger partial charge on any atom is 0.343 e. The van der Waals surface area contributed by atoms with E-state index in [1.165, 1.54) is 30.3 Å². The van der Waals surface area contributed by atoms with Gasteiger partial charge in [0.1, 0.15) is 16.5 Å². The van der Waals surface area contributed by atoms with E-state index in [2.05, 4.69) is 21.2 Å². The number of hydrogen-bond acceptors (Lipinski definition) is 5. The van der Waals surface area contributed by atoms with Crippen LogP contribution in [0.15, 0.2) is 69.8 Å². The summed E-state index contributed by atoms with van der Waals surface area (Å²) in [4.78, 5) is 39.2. The van der Waals surface area contributed by atoms with Crippen molar-refractivity contribution in [3.63, 3.8) is 0 Å². The number of carbonyl (C=O) groups excluding carboxylic acids is 3. The maximum atomic E-state index is 13.0. The molecule has 1 heterocycles. The summed E-state index contributed by atoms with van der Waals surface area (Å²) in [5.41, 5.74) is 2.44. The van der Waals surface area contributed by atoms with Gasteiger partial charge in [-0.2, -0.15) is 0 Å². The highest BCUT2D eigenvalue weighted by Gasteiger charge is 2.39. The fraction of sp³-hybridized carbons (Fsp3) is 0.0800. The lowest BCUT2D eigenvalue weighted by Crippen LogP contribution is -2.32. The SMILES string of the molecule is Cc1cc(Br)cc(C)c1OC(=O)c1ccc(NC2=C(Cl)C(=O)N(c3ccc(Cl)cc3Cl)C2=O)cc1. The van der Waals surface area contributed by atoms with Crippen LogP contribution in [-0.4, -0.2) is 17.8 Å². The van der Waals surface area contributed by atoms with Gasteiger partial charge in [-0.05, 0) is 79.6 Å². The number of rotatable bonds is 5. The number of amides is 2. The lowest BCUT2D eigenvalue weighted by Gasteiger charge is -2.16. The van der Waals surface area contributed by atoms with E-state index < -0.39 is 17.8 Å². The molecule has 1 aliphatic heterocycles. The highest BCUT2D eigenvalue weighted by Crippen LogP contribution is 2.35. The van der Waals surface area contributed by atoms with Crippen molar-refractivity contribution in [2.75, 3.05) is 10.2 Å². The van der Waals surface area contributed by atoms with E-state index in [9.17, 15) is 14.4 Å². The molecule has 0 fully saturated rings. The molecule has 1 N–H and O–H groups in total. The second-order valence-electron chi connectivity index (χ2n) is 7.69. The highest BCUT2D eigenvalue weighted by atomic mass is 79.9. The fourth-order valence-electron chi connectivity index (χ4n) is 3.54. The molecule has 0 atom stereocenters. The molecule has 0 aliphatic carbocycles. The Bertz CT molecular complexity index is 1400. The third-order valence-electron chi connectivity index (χ3n) is 5.19. The molecule has 0 aromatic heterocycles. The van der Waals surface area contributed by atoms with Crippen LogP contribution >= 0.6 is 50.7 Å². The average molecular weight is 595 g/mol. The van der Waals surface area contributed by atoms with Gasteiger partial charge in [0.25, 0.3) is 11.8 Å². The molecule has 0 saturated carbocycles. The Labute approximate surface area is 224 Å². The molecule has 0 bridgehead atoms. The van der Waals surface area contributed by atoms with Crippen LogP contribution in [0.3, 0.4) is 0 Å². The van der Waals surface area contributed by atoms with Crippen molar-refractivity contribution in [1.29, 1.82) is 0 Å². The van der Waals surface area contributed by atoms with Crippen LogP contribution in [0.4, 0.5) is 11.4 Å². The number of ether oxygens (including phenoxy) is 1. The minimum atomic E-state index is -0.719. The van der Waals surface area contributed by atoms with Crippen molar-refractivity contribution in [2.24, 2.45) is 0 Å². The number of nitrogens with one attached hydrogen (secondary N) is 1. The van der Waals surface area contributed by atoms with Gasteiger partial charge in [-0.25, -0.2) is 9.69 Å². The summed E-state index contributed by atoms with van der Waals surface area (Å²) >= 11 is 21.7. The van der Waals surface area contributed by atoms with Crippen LogP contribution in [0.1, 0.15) is 21.5 Å². The quantitative estimate of drug-likeness (QED) is 0.195. The third-order valence-corrected chi connectivity index (χ3v) is 6.53. The number of esters is 1. The lowest BCUT2D eigenvalue weighted by atomic mass is 10.1. The van der Waals surface area contributed by atoms with Gasteiger partial charge >= 0.3 is 5.97 Å². The first-order valence-electron chi connectivity index (χ1n) is 10.2. The summed E-state index contributed by atoms with van der Waals surface area (Å²) in [7, 11) is 0. The summed E-state index contributed by atoms with van der Waals surface area (Å²) in [6.45, 7) is 3.70. The minimum Gasteiger partial charge on any atom is -0.422 e. The van der Waals surface area contributed by atoms with E-state index in [1.54, 1.807) is 12.1 Å². The normalized spacial score (nSPS) is 13.5. The van der Waals surface area contributed by atoms with Gasteiger partial charge < -0.3 is 10.1 Å². The molecule has 6 nitrogen and oxygen atoms in total. The van der Waals surface area contributed by atoms with E-state index in [-0.39, 0.29) is 21.4 Å². The molecule has 1 aliphatic rings. The summed E-state index contributed by atoms with van der Waals surface area (Å²) in [6.07, 6.45) is 0. The van der Waals surface area contributed by atoms with Gasteiger partial charge in [0.15, 0.2) is 0 Å². The van der Waals surface area contributed by atoms with E-state index in [0.717, 1.165) is 20.5 Å². The summed E-state index contributed by atoms with van der Waals surface area (Å²) in [6, 6.07) is 14.3. The molecule has 3 aromatic rings. The monoisotopic (exact) mass is 592 g/mol. The number of nitrogens with zero attached hydrogens (tertiary/aromatic N) is 1. The number of benzene rings is 3. The average Bonchev–Trinajstić information content (AvgIpc) is 3.00. The molecule has 2 amide bonds. The predicted molar refractivity (Wildman–Crippen MR) is 140 cm³/mol. The molecule has 0 spiro atoms. The molecule has 10 heteroatoms. The number of imide groups is 1. The Kier molecular flexibility index (Phi) is 7.24. The molecule has 0 saturated heterocycles. The Morgan fingerprint density at radius 3 is 2.14 bits per heavy atom. The van der Waals surface area contributed by atoms with Gasteiger partial charge in [0, 0.05) is 15.2 Å². The Morgan fingerprint density at radius 1 is 0.914 bits per heavy atom. The first kappa shape index (κ1) is 25.3.